The molecule has 0 aliphatic carbocycles. The molecule has 3 aromatic rings. The molecule has 0 radical (unpaired) electrons. The van der Waals surface area contributed by atoms with Gasteiger partial charge < -0.3 is 4.90 Å². The number of benzene rings is 2. The summed E-state index contributed by atoms with van der Waals surface area (Å²) in [6, 6.07) is 17.6. The van der Waals surface area contributed by atoms with E-state index in [0.29, 0.717) is 18.1 Å². The van der Waals surface area contributed by atoms with E-state index in [1.54, 1.807) is 17.3 Å². The Hall–Kier alpha value is -2.59. The molecule has 122 valence electrons. The van der Waals surface area contributed by atoms with Gasteiger partial charge in [0.05, 0.1) is 0 Å². The minimum atomic E-state index is -0.108. The van der Waals surface area contributed by atoms with Gasteiger partial charge in [-0.1, -0.05) is 60.1 Å². The van der Waals surface area contributed by atoms with Crippen LogP contribution in [0.25, 0.3) is 0 Å². The number of carbonyl (C=O) groups excluding carboxylic acids is 1. The lowest BCUT2D eigenvalue weighted by molar-refractivity contribution is 0.197. The number of hydrogen-bond donors (Lipinski definition) is 0. The van der Waals surface area contributed by atoms with Gasteiger partial charge in [0.15, 0.2) is 0 Å². The summed E-state index contributed by atoms with van der Waals surface area (Å²) in [4.78, 5) is 18.5. The minimum Gasteiger partial charge on any atom is -0.319 e. The average molecular weight is 340 g/mol. The number of amides is 1. The topological polar surface area (TPSA) is 38.1 Å². The monoisotopic (exact) mass is 339 g/mol. The molecule has 0 saturated heterocycles. The molecule has 2 aromatic carbocycles. The first-order chi connectivity index (χ1) is 11.7. The Kier molecular flexibility index (Phi) is 5.29. The highest BCUT2D eigenvalue weighted by Gasteiger charge is 2.16. The van der Waals surface area contributed by atoms with E-state index in [0.717, 1.165) is 12.0 Å². The van der Waals surface area contributed by atoms with Gasteiger partial charge in [-0.2, -0.15) is 0 Å². The second-order valence-corrected chi connectivity index (χ2v) is 5.91. The van der Waals surface area contributed by atoms with Crippen LogP contribution in [-0.2, 0) is 13.0 Å². The predicted molar refractivity (Wildman–Crippen MR) is 95.0 cm³/mol. The van der Waals surface area contributed by atoms with E-state index >= 15 is 0 Å². The van der Waals surface area contributed by atoms with Crippen LogP contribution in [0.5, 0.6) is 0 Å². The van der Waals surface area contributed by atoms with Crippen LogP contribution in [0, 0.1) is 0 Å². The van der Waals surface area contributed by atoms with Crippen LogP contribution in [0.1, 0.15) is 11.1 Å². The van der Waals surface area contributed by atoms with E-state index in [1.807, 2.05) is 42.5 Å². The minimum absolute atomic E-state index is 0.108. The van der Waals surface area contributed by atoms with Crippen LogP contribution in [0.2, 0.25) is 5.02 Å². The Morgan fingerprint density at radius 1 is 1.08 bits per heavy atom. The summed E-state index contributed by atoms with van der Waals surface area (Å²) in [5.41, 5.74) is 2.13. The Labute approximate surface area is 146 Å². The number of halogens is 1. The molecule has 1 aromatic heterocycles. The standard InChI is InChI=1S/C19H18ClN3O/c20-18-9-5-4-8-17(18)14-22(19(24)23-13-11-21-15-23)12-10-16-6-2-1-3-7-16/h1-9,11,13,15H,10,12,14H2. The summed E-state index contributed by atoms with van der Waals surface area (Å²) in [6.45, 7) is 1.07. The molecule has 5 heteroatoms. The molecule has 1 heterocycles. The van der Waals surface area contributed by atoms with E-state index in [2.05, 4.69) is 17.1 Å². The second kappa shape index (κ2) is 7.79. The van der Waals surface area contributed by atoms with Gasteiger partial charge in [-0.05, 0) is 23.6 Å². The Morgan fingerprint density at radius 2 is 1.83 bits per heavy atom. The van der Waals surface area contributed by atoms with Gasteiger partial charge >= 0.3 is 6.03 Å². The zero-order valence-electron chi connectivity index (χ0n) is 13.2. The number of imidazole rings is 1. The average Bonchev–Trinajstić information content (AvgIpc) is 3.15. The van der Waals surface area contributed by atoms with Crippen LogP contribution in [-0.4, -0.2) is 27.0 Å². The van der Waals surface area contributed by atoms with Crippen LogP contribution in [0.15, 0.2) is 73.3 Å². The molecule has 0 unspecified atom stereocenters. The molecule has 1 amide bonds. The first-order valence-corrected chi connectivity index (χ1v) is 8.16. The fourth-order valence-electron chi connectivity index (χ4n) is 2.52. The van der Waals surface area contributed by atoms with Crippen molar-refractivity contribution in [1.82, 2.24) is 14.5 Å². The van der Waals surface area contributed by atoms with Crippen LogP contribution in [0.4, 0.5) is 4.79 Å². The predicted octanol–water partition coefficient (Wildman–Crippen LogP) is 4.25. The SMILES string of the molecule is O=C(N(CCc1ccccc1)Cc1ccccc1Cl)n1ccnc1. The van der Waals surface area contributed by atoms with Crippen molar-refractivity contribution >= 4 is 17.6 Å². The highest BCUT2D eigenvalue weighted by molar-refractivity contribution is 6.31. The fourth-order valence-corrected chi connectivity index (χ4v) is 2.71. The van der Waals surface area contributed by atoms with Crippen molar-refractivity contribution in [3.63, 3.8) is 0 Å². The van der Waals surface area contributed by atoms with E-state index in [4.69, 9.17) is 11.6 Å². The molecule has 0 atom stereocenters. The van der Waals surface area contributed by atoms with Gasteiger partial charge in [0.2, 0.25) is 0 Å². The first kappa shape index (κ1) is 16.3. The van der Waals surface area contributed by atoms with Gasteiger partial charge in [-0.25, -0.2) is 9.78 Å². The maximum Gasteiger partial charge on any atom is 0.329 e. The molecule has 0 N–H and O–H groups in total. The van der Waals surface area contributed by atoms with Gasteiger partial charge in [0.25, 0.3) is 0 Å². The van der Waals surface area contributed by atoms with Crippen molar-refractivity contribution in [1.29, 1.82) is 0 Å². The number of aromatic nitrogens is 2. The molecule has 0 fully saturated rings. The van der Waals surface area contributed by atoms with E-state index in [-0.39, 0.29) is 6.03 Å². The summed E-state index contributed by atoms with van der Waals surface area (Å²) in [5, 5.41) is 0.667. The third kappa shape index (κ3) is 4.03. The Balaban J connectivity index is 1.78. The summed E-state index contributed by atoms with van der Waals surface area (Å²) >= 11 is 6.26. The van der Waals surface area contributed by atoms with Crippen LogP contribution >= 0.6 is 11.6 Å². The second-order valence-electron chi connectivity index (χ2n) is 5.50. The summed E-state index contributed by atoms with van der Waals surface area (Å²) < 4.78 is 1.49. The van der Waals surface area contributed by atoms with Crippen molar-refractivity contribution in [3.8, 4) is 0 Å². The fraction of sp³-hybridized carbons (Fsp3) is 0.158. The molecule has 0 bridgehead atoms. The van der Waals surface area contributed by atoms with Crippen molar-refractivity contribution < 1.29 is 4.79 Å². The largest absolute Gasteiger partial charge is 0.329 e. The zero-order valence-corrected chi connectivity index (χ0v) is 13.9. The zero-order chi connectivity index (χ0) is 16.8. The van der Waals surface area contributed by atoms with E-state index < -0.39 is 0 Å². The van der Waals surface area contributed by atoms with Crippen LogP contribution < -0.4 is 0 Å². The molecule has 0 aliphatic heterocycles. The number of nitrogens with zero attached hydrogens (tertiary/aromatic N) is 3. The maximum absolute atomic E-state index is 12.7. The third-order valence-electron chi connectivity index (χ3n) is 3.83. The lowest BCUT2D eigenvalue weighted by atomic mass is 10.1. The molecular formula is C19H18ClN3O. The van der Waals surface area contributed by atoms with Crippen molar-refractivity contribution in [2.45, 2.75) is 13.0 Å². The van der Waals surface area contributed by atoms with Gasteiger partial charge in [-0.3, -0.25) is 4.57 Å². The number of hydrogen-bond acceptors (Lipinski definition) is 2. The molecule has 0 spiro atoms. The quantitative estimate of drug-likeness (QED) is 0.697. The maximum atomic E-state index is 12.7. The highest BCUT2D eigenvalue weighted by atomic mass is 35.5. The molecular weight excluding hydrogens is 322 g/mol. The van der Waals surface area contributed by atoms with Gasteiger partial charge in [0, 0.05) is 30.5 Å². The van der Waals surface area contributed by atoms with Crippen LogP contribution in [0.3, 0.4) is 0 Å². The first-order valence-electron chi connectivity index (χ1n) is 7.78. The number of carbonyl (C=O) groups is 1. The molecule has 3 rings (SSSR count). The van der Waals surface area contributed by atoms with Crippen molar-refractivity contribution in [2.24, 2.45) is 0 Å². The lowest BCUT2D eigenvalue weighted by Crippen LogP contribution is -2.35. The number of rotatable bonds is 5. The van der Waals surface area contributed by atoms with Crippen molar-refractivity contribution in [3.05, 3.63) is 89.5 Å². The summed E-state index contributed by atoms with van der Waals surface area (Å²) in [6.07, 6.45) is 5.56. The van der Waals surface area contributed by atoms with E-state index in [1.165, 1.54) is 16.5 Å². The van der Waals surface area contributed by atoms with Gasteiger partial charge in [-0.15, -0.1) is 0 Å². The lowest BCUT2D eigenvalue weighted by Gasteiger charge is -2.23. The summed E-state index contributed by atoms with van der Waals surface area (Å²) in [7, 11) is 0. The van der Waals surface area contributed by atoms with Crippen molar-refractivity contribution in [2.75, 3.05) is 6.54 Å². The molecule has 24 heavy (non-hydrogen) atoms. The van der Waals surface area contributed by atoms with E-state index in [9.17, 15) is 4.79 Å². The highest BCUT2D eigenvalue weighted by Crippen LogP contribution is 2.18. The Morgan fingerprint density at radius 3 is 2.54 bits per heavy atom. The molecule has 0 aliphatic rings. The normalized spacial score (nSPS) is 10.5. The molecule has 4 nitrogen and oxygen atoms in total. The Bertz CT molecular complexity index is 787. The third-order valence-corrected chi connectivity index (χ3v) is 4.20. The molecule has 0 saturated carbocycles. The van der Waals surface area contributed by atoms with Gasteiger partial charge in [0.1, 0.15) is 6.33 Å². The summed E-state index contributed by atoms with van der Waals surface area (Å²) in [5.74, 6) is 0. The smallest absolute Gasteiger partial charge is 0.319 e.